The van der Waals surface area contributed by atoms with Gasteiger partial charge < -0.3 is 5.32 Å². The number of aryl methyl sites for hydroxylation is 2. The second kappa shape index (κ2) is 6.75. The molecule has 0 saturated carbocycles. The number of amides is 1. The van der Waals surface area contributed by atoms with Crippen molar-refractivity contribution in [3.8, 4) is 0 Å². The number of nitrogens with one attached hydrogen (secondary N) is 1. The molecule has 0 fully saturated rings. The number of hydrogen-bond donors (Lipinski definition) is 1. The molecule has 0 unspecified atom stereocenters. The number of nitrogens with zero attached hydrogens (tertiary/aromatic N) is 3. The molecule has 0 saturated heterocycles. The van der Waals surface area contributed by atoms with E-state index >= 15 is 0 Å². The molecular formula is C17H17ClN4OS. The first-order chi connectivity index (χ1) is 11.5. The number of imidazole rings is 1. The molecule has 0 radical (unpaired) electrons. The van der Waals surface area contributed by atoms with E-state index in [0.717, 1.165) is 21.2 Å². The van der Waals surface area contributed by atoms with Crippen molar-refractivity contribution in [3.05, 3.63) is 56.9 Å². The first-order valence-electron chi connectivity index (χ1n) is 7.51. The number of hydrogen-bond acceptors (Lipinski definition) is 4. The molecule has 0 aromatic carbocycles. The molecule has 0 spiro atoms. The monoisotopic (exact) mass is 360 g/mol. The van der Waals surface area contributed by atoms with Crippen molar-refractivity contribution < 1.29 is 4.79 Å². The van der Waals surface area contributed by atoms with Crippen LogP contribution in [-0.4, -0.2) is 20.3 Å². The SMILES string of the molecule is Cc1nc(C)c([C@@H](C)NC(=O)/C=C/c2c(Cl)nc3ccccn23)s1. The van der Waals surface area contributed by atoms with Gasteiger partial charge in [-0.1, -0.05) is 17.7 Å². The summed E-state index contributed by atoms with van der Waals surface area (Å²) < 4.78 is 1.84. The third-order valence-electron chi connectivity index (χ3n) is 3.61. The summed E-state index contributed by atoms with van der Waals surface area (Å²) in [5, 5.41) is 4.32. The molecular weight excluding hydrogens is 344 g/mol. The molecule has 5 nitrogen and oxygen atoms in total. The van der Waals surface area contributed by atoms with Crippen LogP contribution < -0.4 is 5.32 Å². The summed E-state index contributed by atoms with van der Waals surface area (Å²) in [5.74, 6) is -0.185. The van der Waals surface area contributed by atoms with E-state index in [4.69, 9.17) is 11.6 Å². The van der Waals surface area contributed by atoms with Crippen LogP contribution in [0.4, 0.5) is 0 Å². The smallest absolute Gasteiger partial charge is 0.244 e. The Morgan fingerprint density at radius 1 is 1.38 bits per heavy atom. The van der Waals surface area contributed by atoms with E-state index in [1.807, 2.05) is 49.6 Å². The number of rotatable bonds is 4. The largest absolute Gasteiger partial charge is 0.345 e. The summed E-state index contributed by atoms with van der Waals surface area (Å²) in [6.07, 6.45) is 5.01. The molecule has 3 heterocycles. The predicted molar refractivity (Wildman–Crippen MR) is 97.4 cm³/mol. The van der Waals surface area contributed by atoms with Crippen molar-refractivity contribution in [2.24, 2.45) is 0 Å². The number of carbonyl (C=O) groups is 1. The van der Waals surface area contributed by atoms with Crippen LogP contribution in [0.25, 0.3) is 11.7 Å². The van der Waals surface area contributed by atoms with E-state index in [9.17, 15) is 4.79 Å². The van der Waals surface area contributed by atoms with Gasteiger partial charge in [-0.15, -0.1) is 11.3 Å². The molecule has 0 aliphatic rings. The first kappa shape index (κ1) is 16.7. The van der Waals surface area contributed by atoms with Crippen LogP contribution in [0.1, 0.15) is 34.2 Å². The predicted octanol–water partition coefficient (Wildman–Crippen LogP) is 3.95. The fraction of sp³-hybridized carbons (Fsp3) is 0.235. The minimum atomic E-state index is -0.185. The number of pyridine rings is 1. The molecule has 24 heavy (non-hydrogen) atoms. The van der Waals surface area contributed by atoms with Crippen molar-refractivity contribution in [3.63, 3.8) is 0 Å². The van der Waals surface area contributed by atoms with Crippen LogP contribution in [0.5, 0.6) is 0 Å². The lowest BCUT2D eigenvalue weighted by Crippen LogP contribution is -2.24. The van der Waals surface area contributed by atoms with Crippen molar-refractivity contribution >= 4 is 40.6 Å². The number of carbonyl (C=O) groups excluding carboxylic acids is 1. The molecule has 3 aromatic rings. The van der Waals surface area contributed by atoms with Gasteiger partial charge in [-0.05, 0) is 39.0 Å². The summed E-state index contributed by atoms with van der Waals surface area (Å²) in [6.45, 7) is 5.87. The molecule has 1 atom stereocenters. The molecule has 3 aromatic heterocycles. The van der Waals surface area contributed by atoms with E-state index in [2.05, 4.69) is 15.3 Å². The summed E-state index contributed by atoms with van der Waals surface area (Å²) in [7, 11) is 0. The molecule has 1 amide bonds. The van der Waals surface area contributed by atoms with Gasteiger partial charge in [0, 0.05) is 17.2 Å². The third kappa shape index (κ3) is 3.34. The van der Waals surface area contributed by atoms with Crippen molar-refractivity contribution in [2.45, 2.75) is 26.8 Å². The summed E-state index contributed by atoms with van der Waals surface area (Å²) in [6, 6.07) is 5.55. The van der Waals surface area contributed by atoms with Gasteiger partial charge in [0.15, 0.2) is 5.15 Å². The van der Waals surface area contributed by atoms with Crippen LogP contribution >= 0.6 is 22.9 Å². The van der Waals surface area contributed by atoms with Gasteiger partial charge in [0.25, 0.3) is 0 Å². The molecule has 1 N–H and O–H groups in total. The van der Waals surface area contributed by atoms with Crippen LogP contribution in [0, 0.1) is 13.8 Å². The second-order valence-electron chi connectivity index (χ2n) is 5.46. The first-order valence-corrected chi connectivity index (χ1v) is 8.70. The minimum absolute atomic E-state index is 0.0917. The van der Waals surface area contributed by atoms with Crippen LogP contribution in [-0.2, 0) is 4.79 Å². The van der Waals surface area contributed by atoms with Gasteiger partial charge in [-0.2, -0.15) is 0 Å². The van der Waals surface area contributed by atoms with Crippen LogP contribution in [0.2, 0.25) is 5.15 Å². The number of halogens is 1. The lowest BCUT2D eigenvalue weighted by molar-refractivity contribution is -0.117. The van der Waals surface area contributed by atoms with E-state index in [-0.39, 0.29) is 11.9 Å². The Morgan fingerprint density at radius 2 is 2.17 bits per heavy atom. The van der Waals surface area contributed by atoms with Gasteiger partial charge in [-0.3, -0.25) is 9.20 Å². The average Bonchev–Trinajstić information content (AvgIpc) is 3.03. The van der Waals surface area contributed by atoms with Gasteiger partial charge in [-0.25, -0.2) is 9.97 Å². The molecule has 0 bridgehead atoms. The fourth-order valence-electron chi connectivity index (χ4n) is 2.57. The fourth-order valence-corrected chi connectivity index (χ4v) is 3.74. The summed E-state index contributed by atoms with van der Waals surface area (Å²) >= 11 is 7.75. The summed E-state index contributed by atoms with van der Waals surface area (Å²) in [5.41, 5.74) is 2.38. The second-order valence-corrected chi connectivity index (χ2v) is 7.06. The molecule has 124 valence electrons. The third-order valence-corrected chi connectivity index (χ3v) is 5.14. The number of thiazole rings is 1. The van der Waals surface area contributed by atoms with E-state index in [0.29, 0.717) is 10.8 Å². The average molecular weight is 361 g/mol. The van der Waals surface area contributed by atoms with Crippen LogP contribution in [0.3, 0.4) is 0 Å². The maximum absolute atomic E-state index is 12.2. The number of aromatic nitrogens is 3. The molecule has 0 aliphatic heterocycles. The highest BCUT2D eigenvalue weighted by Gasteiger charge is 2.14. The quantitative estimate of drug-likeness (QED) is 0.716. The highest BCUT2D eigenvalue weighted by atomic mass is 35.5. The van der Waals surface area contributed by atoms with Crippen molar-refractivity contribution in [2.75, 3.05) is 0 Å². The van der Waals surface area contributed by atoms with Gasteiger partial charge in [0.05, 0.1) is 22.4 Å². The van der Waals surface area contributed by atoms with E-state index in [1.54, 1.807) is 17.4 Å². The highest BCUT2D eigenvalue weighted by Crippen LogP contribution is 2.24. The van der Waals surface area contributed by atoms with E-state index < -0.39 is 0 Å². The lowest BCUT2D eigenvalue weighted by Gasteiger charge is -2.11. The normalized spacial score (nSPS) is 12.8. The molecule has 7 heteroatoms. The maximum atomic E-state index is 12.2. The zero-order chi connectivity index (χ0) is 17.3. The Balaban J connectivity index is 1.75. The Morgan fingerprint density at radius 3 is 2.88 bits per heavy atom. The summed E-state index contributed by atoms with van der Waals surface area (Å²) in [4.78, 5) is 21.9. The lowest BCUT2D eigenvalue weighted by atomic mass is 10.2. The van der Waals surface area contributed by atoms with Crippen molar-refractivity contribution in [1.82, 2.24) is 19.7 Å². The Bertz CT molecular complexity index is 928. The molecule has 0 aliphatic carbocycles. The Labute approximate surface area is 149 Å². The van der Waals surface area contributed by atoms with Crippen LogP contribution in [0.15, 0.2) is 30.5 Å². The Hall–Kier alpha value is -2.18. The molecule has 3 rings (SSSR count). The number of fused-ring (bicyclic) bond motifs is 1. The minimum Gasteiger partial charge on any atom is -0.345 e. The zero-order valence-corrected chi connectivity index (χ0v) is 15.1. The highest BCUT2D eigenvalue weighted by molar-refractivity contribution is 7.11. The van der Waals surface area contributed by atoms with Crippen molar-refractivity contribution in [1.29, 1.82) is 0 Å². The zero-order valence-electron chi connectivity index (χ0n) is 13.6. The maximum Gasteiger partial charge on any atom is 0.244 e. The van der Waals surface area contributed by atoms with E-state index in [1.165, 1.54) is 6.08 Å². The standard InChI is InChI=1S/C17H17ClN4OS/c1-10-16(24-12(3)19-10)11(2)20-15(23)8-7-13-17(18)21-14-6-4-5-9-22(13)14/h4-9,11H,1-3H3,(H,20,23)/b8-7+/t11-/m1/s1. The van der Waals surface area contributed by atoms with Gasteiger partial charge in [0.2, 0.25) is 5.91 Å². The van der Waals surface area contributed by atoms with Gasteiger partial charge in [0.1, 0.15) is 5.65 Å². The van der Waals surface area contributed by atoms with Gasteiger partial charge >= 0.3 is 0 Å². The Kier molecular flexibility index (Phi) is 4.69. The topological polar surface area (TPSA) is 59.3 Å².